The summed E-state index contributed by atoms with van der Waals surface area (Å²) in [5.41, 5.74) is 5.66. The van der Waals surface area contributed by atoms with Gasteiger partial charge < -0.3 is 4.57 Å². The highest BCUT2D eigenvalue weighted by Crippen LogP contribution is 2.31. The van der Waals surface area contributed by atoms with Gasteiger partial charge in [-0.1, -0.05) is 38.8 Å². The van der Waals surface area contributed by atoms with Crippen LogP contribution in [0.3, 0.4) is 0 Å². The van der Waals surface area contributed by atoms with Crippen LogP contribution in [0.5, 0.6) is 0 Å². The number of unbranched alkanes of at least 4 members (excludes halogenated alkanes) is 2. The first-order valence-electron chi connectivity index (χ1n) is 11.2. The second kappa shape index (κ2) is 9.28. The molecule has 0 atom stereocenters. The van der Waals surface area contributed by atoms with Gasteiger partial charge in [-0.25, -0.2) is 0 Å². The van der Waals surface area contributed by atoms with Crippen LogP contribution in [0, 0.1) is 19.3 Å². The van der Waals surface area contributed by atoms with E-state index in [2.05, 4.69) is 59.7 Å². The summed E-state index contributed by atoms with van der Waals surface area (Å²) in [6.07, 6.45) is 6.98. The molecule has 1 aromatic carbocycles. The van der Waals surface area contributed by atoms with Crippen molar-refractivity contribution in [2.24, 2.45) is 10.1 Å². The van der Waals surface area contributed by atoms with Crippen LogP contribution in [0.2, 0.25) is 0 Å². The molecule has 0 radical (unpaired) electrons. The summed E-state index contributed by atoms with van der Waals surface area (Å²) in [4.78, 5) is 17.0. The van der Waals surface area contributed by atoms with Gasteiger partial charge >= 0.3 is 0 Å². The molecule has 0 spiro atoms. The van der Waals surface area contributed by atoms with Crippen molar-refractivity contribution >= 4 is 39.8 Å². The molecule has 1 aromatic heterocycles. The maximum absolute atomic E-state index is 12.8. The predicted octanol–water partition coefficient (Wildman–Crippen LogP) is 5.86. The van der Waals surface area contributed by atoms with Gasteiger partial charge in [0.2, 0.25) is 5.17 Å². The molecule has 166 valence electrons. The van der Waals surface area contributed by atoms with Crippen molar-refractivity contribution in [3.8, 4) is 5.69 Å². The van der Waals surface area contributed by atoms with Crippen LogP contribution in [0.15, 0.2) is 46.0 Å². The predicted molar refractivity (Wildman–Crippen MR) is 134 cm³/mol. The fourth-order valence-electron chi connectivity index (χ4n) is 4.03. The maximum atomic E-state index is 12.8. The lowest BCUT2D eigenvalue weighted by atomic mass is 10.1. The molecule has 32 heavy (non-hydrogen) atoms. The molecule has 0 unspecified atom stereocenters. The van der Waals surface area contributed by atoms with E-state index in [0.717, 1.165) is 59.8 Å². The van der Waals surface area contributed by atoms with Gasteiger partial charge in [-0.2, -0.15) is 15.1 Å². The van der Waals surface area contributed by atoms with Crippen LogP contribution in [-0.2, 0) is 11.2 Å². The molecule has 0 saturated carbocycles. The Hall–Kier alpha value is -2.93. The number of nitrogens with zero attached hydrogens (tertiary/aromatic N) is 4. The minimum Gasteiger partial charge on any atom is -0.318 e. The topological polar surface area (TPSA) is 73.8 Å². The second-order valence-electron chi connectivity index (χ2n) is 8.15. The molecular formula is C25H29N5OS. The lowest BCUT2D eigenvalue weighted by Crippen LogP contribution is -2.35. The van der Waals surface area contributed by atoms with Crippen LogP contribution in [-0.4, -0.2) is 31.5 Å². The zero-order valence-electron chi connectivity index (χ0n) is 19.1. The van der Waals surface area contributed by atoms with Gasteiger partial charge in [0.05, 0.1) is 5.57 Å². The lowest BCUT2D eigenvalue weighted by Gasteiger charge is -2.20. The Morgan fingerprint density at radius 1 is 1.12 bits per heavy atom. The molecule has 0 fully saturated rings. The summed E-state index contributed by atoms with van der Waals surface area (Å²) >= 11 is 1.40. The SMILES string of the molecule is CCCCCC1=NN2C(=N)/C(=C\c3cc(C)n(-c4ccc(CC)cc4)c3C)C(=O)N=C2S1. The highest BCUT2D eigenvalue weighted by molar-refractivity contribution is 8.26. The number of aryl methyl sites for hydroxylation is 2. The molecule has 3 heterocycles. The number of thioether (sulfide) groups is 1. The number of carbonyl (C=O) groups is 1. The normalized spacial score (nSPS) is 17.1. The molecule has 4 rings (SSSR count). The van der Waals surface area contributed by atoms with Gasteiger partial charge in [0.25, 0.3) is 5.91 Å². The third-order valence-corrected chi connectivity index (χ3v) is 6.83. The van der Waals surface area contributed by atoms with E-state index in [1.54, 1.807) is 6.08 Å². The standard InChI is InChI=1S/C25H29N5OS/c1-5-7-8-9-22-28-30-23(26)21(24(31)27-25(30)32-22)15-19-14-16(3)29(17(19)4)20-12-10-18(6-2)11-13-20/h10-15,26H,5-9H2,1-4H3/b21-15+,26-23?. The van der Waals surface area contributed by atoms with Crippen molar-refractivity contribution in [3.63, 3.8) is 0 Å². The number of carbonyl (C=O) groups excluding carboxylic acids is 1. The van der Waals surface area contributed by atoms with E-state index in [0.29, 0.717) is 5.17 Å². The Morgan fingerprint density at radius 2 is 1.88 bits per heavy atom. The lowest BCUT2D eigenvalue weighted by molar-refractivity contribution is -0.114. The summed E-state index contributed by atoms with van der Waals surface area (Å²) in [5, 5.41) is 16.1. The molecular weight excluding hydrogens is 418 g/mol. The minimum atomic E-state index is -0.379. The van der Waals surface area contributed by atoms with Crippen LogP contribution in [0.25, 0.3) is 11.8 Å². The molecule has 2 aromatic rings. The summed E-state index contributed by atoms with van der Waals surface area (Å²) in [5.74, 6) is -0.286. The van der Waals surface area contributed by atoms with E-state index in [-0.39, 0.29) is 17.3 Å². The van der Waals surface area contributed by atoms with Crippen LogP contribution < -0.4 is 0 Å². The highest BCUT2D eigenvalue weighted by atomic mass is 32.2. The number of aromatic nitrogens is 1. The van der Waals surface area contributed by atoms with Gasteiger partial charge in [-0.15, -0.1) is 0 Å². The van der Waals surface area contributed by atoms with Crippen molar-refractivity contribution in [2.75, 3.05) is 0 Å². The van der Waals surface area contributed by atoms with Crippen LogP contribution in [0.1, 0.15) is 62.0 Å². The van der Waals surface area contributed by atoms with Gasteiger partial charge in [-0.3, -0.25) is 10.2 Å². The Morgan fingerprint density at radius 3 is 2.56 bits per heavy atom. The number of aliphatic imine (C=N–C) groups is 1. The Labute approximate surface area is 193 Å². The number of hydrogen-bond donors (Lipinski definition) is 1. The van der Waals surface area contributed by atoms with E-state index in [1.165, 1.54) is 22.3 Å². The number of amides is 1. The first kappa shape index (κ1) is 22.3. The monoisotopic (exact) mass is 447 g/mol. The molecule has 0 bridgehead atoms. The first-order valence-corrected chi connectivity index (χ1v) is 12.0. The maximum Gasteiger partial charge on any atom is 0.283 e. The van der Waals surface area contributed by atoms with Crippen molar-refractivity contribution in [2.45, 2.75) is 59.8 Å². The minimum absolute atomic E-state index is 0.0927. The number of hydrazone groups is 1. The number of hydrogen-bond acceptors (Lipinski definition) is 4. The Kier molecular flexibility index (Phi) is 6.46. The van der Waals surface area contributed by atoms with Gasteiger partial charge in [-0.05, 0) is 80.3 Å². The number of amidine groups is 2. The molecule has 0 aliphatic carbocycles. The van der Waals surface area contributed by atoms with E-state index in [4.69, 9.17) is 5.41 Å². The van der Waals surface area contributed by atoms with Crippen molar-refractivity contribution in [3.05, 3.63) is 58.4 Å². The fourth-order valence-corrected chi connectivity index (χ4v) is 4.95. The van der Waals surface area contributed by atoms with Gasteiger partial charge in [0.15, 0.2) is 5.84 Å². The number of fused-ring (bicyclic) bond motifs is 1. The third kappa shape index (κ3) is 4.21. The fraction of sp³-hybridized carbons (Fsp3) is 0.360. The van der Waals surface area contributed by atoms with Gasteiger partial charge in [0.1, 0.15) is 5.04 Å². The molecule has 1 N–H and O–H groups in total. The largest absolute Gasteiger partial charge is 0.318 e. The second-order valence-corrected chi connectivity index (χ2v) is 9.19. The van der Waals surface area contributed by atoms with Crippen molar-refractivity contribution in [1.29, 1.82) is 5.41 Å². The summed E-state index contributed by atoms with van der Waals surface area (Å²) in [6, 6.07) is 10.6. The van der Waals surface area contributed by atoms with E-state index >= 15 is 0 Å². The van der Waals surface area contributed by atoms with E-state index in [1.807, 2.05) is 13.0 Å². The average Bonchev–Trinajstić information content (AvgIpc) is 3.31. The molecule has 2 aliphatic heterocycles. The van der Waals surface area contributed by atoms with Gasteiger partial charge in [0, 0.05) is 17.1 Å². The third-order valence-electron chi connectivity index (χ3n) is 5.86. The van der Waals surface area contributed by atoms with Crippen molar-refractivity contribution in [1.82, 2.24) is 9.58 Å². The Balaban J connectivity index is 1.63. The summed E-state index contributed by atoms with van der Waals surface area (Å²) < 4.78 is 2.17. The van der Waals surface area contributed by atoms with E-state index < -0.39 is 0 Å². The first-order chi connectivity index (χ1) is 15.4. The zero-order valence-corrected chi connectivity index (χ0v) is 19.9. The zero-order chi connectivity index (χ0) is 22.8. The Bertz CT molecular complexity index is 1150. The van der Waals surface area contributed by atoms with Crippen molar-refractivity contribution < 1.29 is 4.79 Å². The molecule has 7 heteroatoms. The smallest absolute Gasteiger partial charge is 0.283 e. The highest BCUT2D eigenvalue weighted by Gasteiger charge is 2.35. The molecule has 1 amide bonds. The number of benzene rings is 1. The molecule has 6 nitrogen and oxygen atoms in total. The molecule has 0 saturated heterocycles. The van der Waals surface area contributed by atoms with E-state index in [9.17, 15) is 4.79 Å². The summed E-state index contributed by atoms with van der Waals surface area (Å²) in [7, 11) is 0. The quantitative estimate of drug-likeness (QED) is 0.427. The van der Waals surface area contributed by atoms with Crippen LogP contribution >= 0.6 is 11.8 Å². The number of nitrogens with one attached hydrogen (secondary N) is 1. The average molecular weight is 448 g/mol. The van der Waals surface area contributed by atoms with Crippen LogP contribution in [0.4, 0.5) is 0 Å². The number of rotatable bonds is 7. The molecule has 2 aliphatic rings. The summed E-state index contributed by atoms with van der Waals surface area (Å²) in [6.45, 7) is 8.40.